The van der Waals surface area contributed by atoms with Gasteiger partial charge in [-0.2, -0.15) is 0 Å². The highest BCUT2D eigenvalue weighted by Gasteiger charge is 2.12. The first-order chi connectivity index (χ1) is 7.97. The fourth-order valence-corrected chi connectivity index (χ4v) is 1.37. The van der Waals surface area contributed by atoms with Crippen molar-refractivity contribution in [3.05, 3.63) is 42.0 Å². The molecule has 17 heavy (non-hydrogen) atoms. The Kier molecular flexibility index (Phi) is 5.10. The molecule has 0 aliphatic carbocycles. The van der Waals surface area contributed by atoms with Gasteiger partial charge in [-0.15, -0.1) is 0 Å². The average Bonchev–Trinajstić information content (AvgIpc) is 2.26. The Balaban J connectivity index is 2.35. The van der Waals surface area contributed by atoms with Crippen LogP contribution in [0.25, 0.3) is 6.08 Å². The zero-order valence-corrected chi connectivity index (χ0v) is 9.92. The molecule has 6 heteroatoms. The normalized spacial score (nSPS) is 11.6. The van der Waals surface area contributed by atoms with Crippen LogP contribution in [0.2, 0.25) is 0 Å². The lowest BCUT2D eigenvalue weighted by molar-refractivity contribution is -0.137. The molecule has 0 atom stereocenters. The van der Waals surface area contributed by atoms with E-state index >= 15 is 0 Å². The van der Waals surface area contributed by atoms with Gasteiger partial charge in [0.2, 0.25) is 0 Å². The smallest absolute Gasteiger partial charge is 0.330 e. The van der Waals surface area contributed by atoms with Gasteiger partial charge in [0.05, 0.1) is 6.16 Å². The van der Waals surface area contributed by atoms with Gasteiger partial charge in [0.1, 0.15) is 6.61 Å². The van der Waals surface area contributed by atoms with Crippen LogP contribution >= 0.6 is 7.60 Å². The van der Waals surface area contributed by atoms with Crippen molar-refractivity contribution in [2.75, 3.05) is 12.8 Å². The van der Waals surface area contributed by atoms with Gasteiger partial charge in [0.25, 0.3) is 0 Å². The van der Waals surface area contributed by atoms with E-state index in [-0.39, 0.29) is 6.61 Å². The summed E-state index contributed by atoms with van der Waals surface area (Å²) in [5.74, 6) is -0.623. The van der Waals surface area contributed by atoms with Crippen LogP contribution in [0, 0.1) is 0 Å². The maximum absolute atomic E-state index is 11.1. The Labute approximate surface area is 98.9 Å². The van der Waals surface area contributed by atoms with Crippen LogP contribution in [0.1, 0.15) is 5.56 Å². The van der Waals surface area contributed by atoms with Crippen LogP contribution in [0.3, 0.4) is 0 Å². The summed E-state index contributed by atoms with van der Waals surface area (Å²) in [6.07, 6.45) is 2.33. The van der Waals surface area contributed by atoms with E-state index < -0.39 is 19.7 Å². The number of hydrogen-bond donors (Lipinski definition) is 2. The Hall–Kier alpha value is -1.42. The van der Waals surface area contributed by atoms with Crippen molar-refractivity contribution in [2.24, 2.45) is 0 Å². The summed E-state index contributed by atoms with van der Waals surface area (Å²) in [7, 11) is -4.10. The van der Waals surface area contributed by atoms with Crippen molar-refractivity contribution in [3.63, 3.8) is 0 Å². The van der Waals surface area contributed by atoms with E-state index in [2.05, 4.69) is 4.74 Å². The molecule has 0 aliphatic rings. The van der Waals surface area contributed by atoms with Crippen LogP contribution in [-0.4, -0.2) is 28.5 Å². The second kappa shape index (κ2) is 6.35. The van der Waals surface area contributed by atoms with Crippen molar-refractivity contribution in [1.29, 1.82) is 0 Å². The second-order valence-corrected chi connectivity index (χ2v) is 5.08. The van der Waals surface area contributed by atoms with Crippen LogP contribution in [0.4, 0.5) is 0 Å². The molecule has 0 saturated carbocycles. The van der Waals surface area contributed by atoms with Gasteiger partial charge < -0.3 is 14.5 Å². The minimum Gasteiger partial charge on any atom is -0.462 e. The fourth-order valence-electron chi connectivity index (χ4n) is 1.04. The van der Waals surface area contributed by atoms with Gasteiger partial charge >= 0.3 is 13.6 Å². The summed E-state index contributed by atoms with van der Waals surface area (Å²) >= 11 is 0. The van der Waals surface area contributed by atoms with Gasteiger partial charge in [-0.05, 0) is 11.6 Å². The molecular formula is C11H13O5P. The molecule has 1 rings (SSSR count). The molecule has 0 aromatic heterocycles. The van der Waals surface area contributed by atoms with Crippen LogP contribution in [0.15, 0.2) is 36.4 Å². The zero-order chi connectivity index (χ0) is 12.7. The van der Waals surface area contributed by atoms with E-state index in [1.54, 1.807) is 6.08 Å². The minimum absolute atomic E-state index is 0.289. The first kappa shape index (κ1) is 13.6. The molecule has 0 fully saturated rings. The van der Waals surface area contributed by atoms with E-state index in [0.717, 1.165) is 5.56 Å². The average molecular weight is 256 g/mol. The molecule has 0 amide bonds. The molecule has 0 heterocycles. The number of carbonyl (C=O) groups excluding carboxylic acids is 1. The first-order valence-corrected chi connectivity index (χ1v) is 6.71. The molecule has 5 nitrogen and oxygen atoms in total. The predicted octanol–water partition coefficient (Wildman–Crippen LogP) is 1.42. The highest BCUT2D eigenvalue weighted by atomic mass is 31.2. The van der Waals surface area contributed by atoms with E-state index in [0.29, 0.717) is 0 Å². The largest absolute Gasteiger partial charge is 0.462 e. The predicted molar refractivity (Wildman–Crippen MR) is 63.3 cm³/mol. The highest BCUT2D eigenvalue weighted by Crippen LogP contribution is 2.33. The fraction of sp³-hybridized carbons (Fsp3) is 0.182. The SMILES string of the molecule is O=C(C=Cc1ccccc1)OCCP(=O)(O)O. The zero-order valence-electron chi connectivity index (χ0n) is 9.02. The van der Waals surface area contributed by atoms with Gasteiger partial charge in [-0.25, -0.2) is 4.79 Å². The van der Waals surface area contributed by atoms with Crippen LogP contribution in [0.5, 0.6) is 0 Å². The standard InChI is InChI=1S/C11H13O5P/c12-11(16-8-9-17(13,14)15)7-6-10-4-2-1-3-5-10/h1-7H,8-9H2,(H2,13,14,15). The number of hydrogen-bond acceptors (Lipinski definition) is 3. The van der Waals surface area contributed by atoms with Gasteiger partial charge in [0.15, 0.2) is 0 Å². The summed E-state index contributed by atoms with van der Waals surface area (Å²) in [6.45, 7) is -0.289. The molecule has 0 aliphatic heterocycles. The monoisotopic (exact) mass is 256 g/mol. The van der Waals surface area contributed by atoms with Crippen molar-refractivity contribution in [2.45, 2.75) is 0 Å². The molecule has 1 aromatic carbocycles. The number of carbonyl (C=O) groups is 1. The molecule has 92 valence electrons. The maximum Gasteiger partial charge on any atom is 0.330 e. The Morgan fingerprint density at radius 2 is 1.94 bits per heavy atom. The Morgan fingerprint density at radius 1 is 1.29 bits per heavy atom. The quantitative estimate of drug-likeness (QED) is 0.473. The number of ether oxygens (including phenoxy) is 1. The minimum atomic E-state index is -4.10. The van der Waals surface area contributed by atoms with Crippen molar-refractivity contribution in [3.8, 4) is 0 Å². The number of benzene rings is 1. The molecule has 0 saturated heterocycles. The molecular weight excluding hydrogens is 243 g/mol. The lowest BCUT2D eigenvalue weighted by atomic mass is 10.2. The third kappa shape index (κ3) is 6.68. The topological polar surface area (TPSA) is 83.8 Å². The maximum atomic E-state index is 11.1. The van der Waals surface area contributed by atoms with Crippen molar-refractivity contribution >= 4 is 19.6 Å². The molecule has 0 unspecified atom stereocenters. The Morgan fingerprint density at radius 3 is 2.53 bits per heavy atom. The summed E-state index contributed by atoms with van der Waals surface area (Å²) in [5.41, 5.74) is 0.847. The van der Waals surface area contributed by atoms with E-state index in [9.17, 15) is 9.36 Å². The summed E-state index contributed by atoms with van der Waals surface area (Å²) in [4.78, 5) is 28.2. The van der Waals surface area contributed by atoms with Gasteiger partial charge in [-0.1, -0.05) is 30.3 Å². The van der Waals surface area contributed by atoms with Gasteiger partial charge in [0, 0.05) is 6.08 Å². The third-order valence-electron chi connectivity index (χ3n) is 1.84. The van der Waals surface area contributed by atoms with Crippen molar-refractivity contribution < 1.29 is 23.9 Å². The molecule has 0 bridgehead atoms. The third-order valence-corrected chi connectivity index (χ3v) is 2.60. The van der Waals surface area contributed by atoms with Crippen LogP contribution < -0.4 is 0 Å². The molecule has 2 N–H and O–H groups in total. The molecule has 0 spiro atoms. The van der Waals surface area contributed by atoms with Gasteiger partial charge in [-0.3, -0.25) is 4.57 Å². The van der Waals surface area contributed by atoms with Crippen molar-refractivity contribution in [1.82, 2.24) is 0 Å². The van der Waals surface area contributed by atoms with E-state index in [4.69, 9.17) is 9.79 Å². The first-order valence-electron chi connectivity index (χ1n) is 4.92. The highest BCUT2D eigenvalue weighted by molar-refractivity contribution is 7.51. The lowest BCUT2D eigenvalue weighted by Gasteiger charge is -2.03. The lowest BCUT2D eigenvalue weighted by Crippen LogP contribution is -2.06. The number of rotatable bonds is 5. The van der Waals surface area contributed by atoms with E-state index in [1.807, 2.05) is 30.3 Å². The second-order valence-electron chi connectivity index (χ2n) is 3.30. The molecule has 1 aromatic rings. The molecule has 0 radical (unpaired) electrons. The summed E-state index contributed by atoms with van der Waals surface area (Å²) in [6, 6.07) is 9.16. The van der Waals surface area contributed by atoms with E-state index in [1.165, 1.54) is 6.08 Å². The van der Waals surface area contributed by atoms with Crippen LogP contribution in [-0.2, 0) is 14.1 Å². The number of esters is 1. The summed E-state index contributed by atoms with van der Waals surface area (Å²) < 4.78 is 15.1. The summed E-state index contributed by atoms with van der Waals surface area (Å²) in [5, 5.41) is 0. The Bertz CT molecular complexity index is 434.